The standard InChI is InChI=1S/C14H12O4/c15-8-12-11-4-1-9(2-6-14(17)18)7-10(11)3-5-13(12)16/h1,3-5,7-8,16H,2,6H2,(H,17,18). The summed E-state index contributed by atoms with van der Waals surface area (Å²) in [5.41, 5.74) is 1.16. The van der Waals surface area contributed by atoms with Crippen LogP contribution in [-0.4, -0.2) is 22.5 Å². The molecule has 0 amide bonds. The van der Waals surface area contributed by atoms with Crippen LogP contribution in [0.3, 0.4) is 0 Å². The number of carboxylic acid groups (broad SMARTS) is 1. The largest absolute Gasteiger partial charge is 0.507 e. The van der Waals surface area contributed by atoms with E-state index in [1.54, 1.807) is 18.2 Å². The van der Waals surface area contributed by atoms with Gasteiger partial charge < -0.3 is 10.2 Å². The Balaban J connectivity index is 2.44. The molecule has 0 saturated heterocycles. The number of phenols is 1. The molecule has 0 heterocycles. The quantitative estimate of drug-likeness (QED) is 0.810. The van der Waals surface area contributed by atoms with Crippen molar-refractivity contribution < 1.29 is 19.8 Å². The number of phenolic OH excluding ortho intramolecular Hbond substituents is 1. The number of hydrogen-bond acceptors (Lipinski definition) is 3. The van der Waals surface area contributed by atoms with Crippen LogP contribution in [0.5, 0.6) is 5.75 Å². The van der Waals surface area contributed by atoms with Gasteiger partial charge in [0.2, 0.25) is 0 Å². The van der Waals surface area contributed by atoms with Gasteiger partial charge in [-0.3, -0.25) is 9.59 Å². The van der Waals surface area contributed by atoms with Gasteiger partial charge in [0.15, 0.2) is 6.29 Å². The van der Waals surface area contributed by atoms with Gasteiger partial charge in [-0.25, -0.2) is 0 Å². The molecule has 18 heavy (non-hydrogen) atoms. The predicted octanol–water partition coefficient (Wildman–Crippen LogP) is 2.38. The smallest absolute Gasteiger partial charge is 0.303 e. The number of benzene rings is 2. The van der Waals surface area contributed by atoms with E-state index >= 15 is 0 Å². The van der Waals surface area contributed by atoms with Gasteiger partial charge in [0, 0.05) is 6.42 Å². The van der Waals surface area contributed by atoms with Crippen molar-refractivity contribution in [1.82, 2.24) is 0 Å². The van der Waals surface area contributed by atoms with Crippen molar-refractivity contribution in [3.63, 3.8) is 0 Å². The molecule has 2 N–H and O–H groups in total. The molecule has 0 radical (unpaired) electrons. The van der Waals surface area contributed by atoms with Crippen LogP contribution in [0, 0.1) is 0 Å². The molecule has 0 fully saturated rings. The lowest BCUT2D eigenvalue weighted by atomic mass is 10.00. The zero-order chi connectivity index (χ0) is 13.1. The normalized spacial score (nSPS) is 10.4. The van der Waals surface area contributed by atoms with Crippen molar-refractivity contribution in [1.29, 1.82) is 0 Å². The number of carbonyl (C=O) groups is 2. The molecule has 92 valence electrons. The molecule has 0 aliphatic heterocycles. The maximum absolute atomic E-state index is 10.9. The van der Waals surface area contributed by atoms with E-state index in [2.05, 4.69) is 0 Å². The van der Waals surface area contributed by atoms with Crippen molar-refractivity contribution in [3.8, 4) is 5.75 Å². The molecule has 0 aliphatic carbocycles. The lowest BCUT2D eigenvalue weighted by Gasteiger charge is -2.06. The number of aromatic hydroxyl groups is 1. The zero-order valence-electron chi connectivity index (χ0n) is 9.59. The number of hydrogen-bond donors (Lipinski definition) is 2. The average molecular weight is 244 g/mol. The Labute approximate surface area is 103 Å². The second-order valence-corrected chi connectivity index (χ2v) is 4.07. The highest BCUT2D eigenvalue weighted by atomic mass is 16.4. The second-order valence-electron chi connectivity index (χ2n) is 4.07. The van der Waals surface area contributed by atoms with E-state index in [-0.39, 0.29) is 17.7 Å². The Kier molecular flexibility index (Phi) is 3.28. The second kappa shape index (κ2) is 4.87. The monoisotopic (exact) mass is 244 g/mol. The number of aryl methyl sites for hydroxylation is 1. The summed E-state index contributed by atoms with van der Waals surface area (Å²) in [6.45, 7) is 0. The minimum atomic E-state index is -0.839. The number of aldehydes is 1. The molecule has 0 atom stereocenters. The summed E-state index contributed by atoms with van der Waals surface area (Å²) < 4.78 is 0. The first kappa shape index (κ1) is 12.1. The van der Waals surface area contributed by atoms with Crippen molar-refractivity contribution >= 4 is 23.0 Å². The third-order valence-electron chi connectivity index (χ3n) is 2.85. The lowest BCUT2D eigenvalue weighted by Crippen LogP contribution is -1.97. The number of carboxylic acids is 1. The van der Waals surface area contributed by atoms with Gasteiger partial charge in [-0.2, -0.15) is 0 Å². The van der Waals surface area contributed by atoms with Gasteiger partial charge in [-0.15, -0.1) is 0 Å². The summed E-state index contributed by atoms with van der Waals surface area (Å²) >= 11 is 0. The van der Waals surface area contributed by atoms with E-state index in [4.69, 9.17) is 5.11 Å². The Hall–Kier alpha value is -2.36. The van der Waals surface area contributed by atoms with Crippen LogP contribution in [0.25, 0.3) is 10.8 Å². The van der Waals surface area contributed by atoms with Crippen LogP contribution in [0.1, 0.15) is 22.3 Å². The highest BCUT2D eigenvalue weighted by Crippen LogP contribution is 2.26. The van der Waals surface area contributed by atoms with E-state index in [0.29, 0.717) is 18.1 Å². The van der Waals surface area contributed by atoms with Gasteiger partial charge in [0.25, 0.3) is 0 Å². The highest BCUT2D eigenvalue weighted by molar-refractivity contribution is 6.00. The molecule has 4 nitrogen and oxygen atoms in total. The summed E-state index contributed by atoms with van der Waals surface area (Å²) in [7, 11) is 0. The molecule has 2 aromatic carbocycles. The summed E-state index contributed by atoms with van der Waals surface area (Å²) in [6, 6.07) is 8.52. The minimum Gasteiger partial charge on any atom is -0.507 e. The molecule has 0 saturated carbocycles. The van der Waals surface area contributed by atoms with Crippen LogP contribution < -0.4 is 0 Å². The van der Waals surface area contributed by atoms with Crippen LogP contribution in [0.15, 0.2) is 30.3 Å². The Morgan fingerprint density at radius 2 is 2.00 bits per heavy atom. The van der Waals surface area contributed by atoms with Gasteiger partial charge in [-0.05, 0) is 28.8 Å². The highest BCUT2D eigenvalue weighted by Gasteiger charge is 2.07. The molecule has 0 aliphatic rings. The number of aliphatic carboxylic acids is 1. The maximum Gasteiger partial charge on any atom is 0.303 e. The van der Waals surface area contributed by atoms with E-state index in [9.17, 15) is 14.7 Å². The molecule has 2 rings (SSSR count). The molecule has 0 spiro atoms. The Bertz CT molecular complexity index is 616. The molecule has 0 unspecified atom stereocenters. The Morgan fingerprint density at radius 3 is 2.67 bits per heavy atom. The van der Waals surface area contributed by atoms with Crippen LogP contribution >= 0.6 is 0 Å². The van der Waals surface area contributed by atoms with E-state index in [1.807, 2.05) is 6.07 Å². The van der Waals surface area contributed by atoms with Crippen molar-refractivity contribution in [2.24, 2.45) is 0 Å². The van der Waals surface area contributed by atoms with Crippen molar-refractivity contribution in [2.75, 3.05) is 0 Å². The average Bonchev–Trinajstić information content (AvgIpc) is 2.36. The zero-order valence-corrected chi connectivity index (χ0v) is 9.59. The molecule has 0 aromatic heterocycles. The number of carbonyl (C=O) groups excluding carboxylic acids is 1. The van der Waals surface area contributed by atoms with Gasteiger partial charge in [0.1, 0.15) is 5.75 Å². The summed E-state index contributed by atoms with van der Waals surface area (Å²) in [5, 5.41) is 19.7. The van der Waals surface area contributed by atoms with E-state index < -0.39 is 5.97 Å². The van der Waals surface area contributed by atoms with Crippen molar-refractivity contribution in [3.05, 3.63) is 41.5 Å². The predicted molar refractivity (Wildman–Crippen MR) is 67.0 cm³/mol. The number of fused-ring (bicyclic) bond motifs is 1. The minimum absolute atomic E-state index is 0.0456. The first-order valence-electron chi connectivity index (χ1n) is 5.53. The maximum atomic E-state index is 10.9. The van der Waals surface area contributed by atoms with E-state index in [0.717, 1.165) is 10.9 Å². The van der Waals surface area contributed by atoms with Gasteiger partial charge in [0.05, 0.1) is 5.56 Å². The van der Waals surface area contributed by atoms with E-state index in [1.165, 1.54) is 6.07 Å². The fraction of sp³-hybridized carbons (Fsp3) is 0.143. The molecule has 0 bridgehead atoms. The van der Waals surface area contributed by atoms with Gasteiger partial charge >= 0.3 is 5.97 Å². The van der Waals surface area contributed by atoms with Gasteiger partial charge in [-0.1, -0.05) is 24.3 Å². The van der Waals surface area contributed by atoms with Crippen LogP contribution in [-0.2, 0) is 11.2 Å². The topological polar surface area (TPSA) is 74.6 Å². The molecule has 2 aromatic rings. The summed E-state index contributed by atoms with van der Waals surface area (Å²) in [6.07, 6.45) is 1.14. The molecule has 4 heteroatoms. The Morgan fingerprint density at radius 1 is 1.22 bits per heavy atom. The van der Waals surface area contributed by atoms with Crippen LogP contribution in [0.4, 0.5) is 0 Å². The molecular formula is C14H12O4. The fourth-order valence-electron chi connectivity index (χ4n) is 1.92. The first-order chi connectivity index (χ1) is 8.61. The SMILES string of the molecule is O=Cc1c(O)ccc2cc(CCC(=O)O)ccc12. The third kappa shape index (κ3) is 2.32. The third-order valence-corrected chi connectivity index (χ3v) is 2.85. The van der Waals surface area contributed by atoms with Crippen molar-refractivity contribution in [2.45, 2.75) is 12.8 Å². The summed E-state index contributed by atoms with van der Waals surface area (Å²) in [4.78, 5) is 21.4. The molecular weight excluding hydrogens is 232 g/mol. The number of rotatable bonds is 4. The lowest BCUT2D eigenvalue weighted by molar-refractivity contribution is -0.136. The fourth-order valence-corrected chi connectivity index (χ4v) is 1.92. The van der Waals surface area contributed by atoms with Crippen LogP contribution in [0.2, 0.25) is 0 Å². The first-order valence-corrected chi connectivity index (χ1v) is 5.53. The summed E-state index contributed by atoms with van der Waals surface area (Å²) in [5.74, 6) is -0.884.